The SMILES string of the molecule is CCCCCCOP(=O)(CCCCCC=S)OCCCCCC. The van der Waals surface area contributed by atoms with Gasteiger partial charge in [0.25, 0.3) is 0 Å². The summed E-state index contributed by atoms with van der Waals surface area (Å²) in [4.78, 5) is 0. The van der Waals surface area contributed by atoms with Crippen molar-refractivity contribution in [3.63, 3.8) is 0 Å². The van der Waals surface area contributed by atoms with Crippen molar-refractivity contribution in [1.82, 2.24) is 0 Å². The second-order valence-corrected chi connectivity index (χ2v) is 8.66. The van der Waals surface area contributed by atoms with Gasteiger partial charge in [0.2, 0.25) is 0 Å². The number of thiocarbonyl (C=S) groups is 1. The van der Waals surface area contributed by atoms with Crippen molar-refractivity contribution in [2.45, 2.75) is 90.9 Å². The van der Waals surface area contributed by atoms with Crippen LogP contribution in [0.5, 0.6) is 0 Å². The molecular formula is C18H37O3PS. The number of hydrogen-bond acceptors (Lipinski definition) is 4. The molecule has 0 amide bonds. The Bertz CT molecular complexity index is 293. The maximum absolute atomic E-state index is 12.8. The lowest BCUT2D eigenvalue weighted by Gasteiger charge is -2.18. The summed E-state index contributed by atoms with van der Waals surface area (Å²) in [6.07, 6.45) is 13.5. The summed E-state index contributed by atoms with van der Waals surface area (Å²) in [5, 5.41) is 1.77. The van der Waals surface area contributed by atoms with Crippen LogP contribution in [0, 0.1) is 0 Å². The molecule has 0 aliphatic carbocycles. The Morgan fingerprint density at radius 3 is 1.78 bits per heavy atom. The second kappa shape index (κ2) is 17.1. The van der Waals surface area contributed by atoms with Crippen LogP contribution in [-0.2, 0) is 13.6 Å². The predicted molar refractivity (Wildman–Crippen MR) is 105 cm³/mol. The average Bonchev–Trinajstić information content (AvgIpc) is 2.54. The van der Waals surface area contributed by atoms with Crippen LogP contribution in [0.4, 0.5) is 0 Å². The first-order chi connectivity index (χ1) is 11.2. The largest absolute Gasteiger partial charge is 0.330 e. The van der Waals surface area contributed by atoms with Gasteiger partial charge in [-0.15, -0.1) is 0 Å². The van der Waals surface area contributed by atoms with Crippen LogP contribution >= 0.6 is 19.8 Å². The van der Waals surface area contributed by atoms with E-state index in [0.717, 1.165) is 51.4 Å². The van der Waals surface area contributed by atoms with E-state index in [1.807, 2.05) is 0 Å². The molecule has 0 N–H and O–H groups in total. The maximum atomic E-state index is 12.8. The Hall–Kier alpha value is 0.240. The molecular weight excluding hydrogens is 327 g/mol. The molecule has 0 saturated heterocycles. The molecule has 0 radical (unpaired) electrons. The van der Waals surface area contributed by atoms with E-state index in [9.17, 15) is 4.57 Å². The molecule has 0 unspecified atom stereocenters. The lowest BCUT2D eigenvalue weighted by molar-refractivity contribution is 0.197. The third-order valence-electron chi connectivity index (χ3n) is 3.83. The van der Waals surface area contributed by atoms with E-state index < -0.39 is 7.60 Å². The van der Waals surface area contributed by atoms with E-state index in [1.165, 1.54) is 25.7 Å². The topological polar surface area (TPSA) is 35.5 Å². The monoisotopic (exact) mass is 364 g/mol. The zero-order valence-corrected chi connectivity index (χ0v) is 17.0. The molecule has 0 aliphatic rings. The van der Waals surface area contributed by atoms with Gasteiger partial charge in [-0.1, -0.05) is 71.0 Å². The van der Waals surface area contributed by atoms with Gasteiger partial charge in [0.1, 0.15) is 0 Å². The quantitative estimate of drug-likeness (QED) is 0.150. The smallest absolute Gasteiger partial charge is 0.309 e. The van der Waals surface area contributed by atoms with E-state index in [0.29, 0.717) is 19.4 Å². The molecule has 0 saturated carbocycles. The zero-order valence-electron chi connectivity index (χ0n) is 15.3. The molecule has 0 atom stereocenters. The lowest BCUT2D eigenvalue weighted by atomic mass is 10.2. The molecule has 5 heteroatoms. The Labute approximate surface area is 149 Å². The highest BCUT2D eigenvalue weighted by Crippen LogP contribution is 2.49. The molecule has 23 heavy (non-hydrogen) atoms. The standard InChI is InChI=1S/C18H37O3PS/c1-3-5-7-11-15-20-22(19,17-13-9-10-14-18-23)21-16-12-8-6-4-2/h18H,3-17H2,1-2H3. The highest BCUT2D eigenvalue weighted by molar-refractivity contribution is 7.78. The summed E-state index contributed by atoms with van der Waals surface area (Å²) in [6.45, 7) is 5.50. The summed E-state index contributed by atoms with van der Waals surface area (Å²) in [5.41, 5.74) is 0. The Morgan fingerprint density at radius 2 is 1.30 bits per heavy atom. The van der Waals surface area contributed by atoms with Gasteiger partial charge in [-0.2, -0.15) is 0 Å². The van der Waals surface area contributed by atoms with Crippen molar-refractivity contribution < 1.29 is 13.6 Å². The first-order valence-electron chi connectivity index (χ1n) is 9.50. The van der Waals surface area contributed by atoms with Crippen LogP contribution in [0.3, 0.4) is 0 Å². The van der Waals surface area contributed by atoms with E-state index in [4.69, 9.17) is 21.3 Å². The first kappa shape index (κ1) is 23.2. The summed E-state index contributed by atoms with van der Waals surface area (Å²) >= 11 is 4.83. The molecule has 138 valence electrons. The van der Waals surface area contributed by atoms with E-state index >= 15 is 0 Å². The average molecular weight is 365 g/mol. The fourth-order valence-electron chi connectivity index (χ4n) is 2.34. The molecule has 0 aliphatic heterocycles. The summed E-state index contributed by atoms with van der Waals surface area (Å²) in [5.74, 6) is 0. The van der Waals surface area contributed by atoms with Gasteiger partial charge in [-0.05, 0) is 37.5 Å². The molecule has 0 rings (SSSR count). The van der Waals surface area contributed by atoms with Gasteiger partial charge in [0.15, 0.2) is 0 Å². The normalized spacial score (nSPS) is 11.7. The molecule has 3 nitrogen and oxygen atoms in total. The minimum atomic E-state index is -2.90. The van der Waals surface area contributed by atoms with Gasteiger partial charge in [0.05, 0.1) is 19.4 Å². The summed E-state index contributed by atoms with van der Waals surface area (Å²) in [6, 6.07) is 0. The highest BCUT2D eigenvalue weighted by atomic mass is 32.1. The molecule has 0 spiro atoms. The van der Waals surface area contributed by atoms with Crippen molar-refractivity contribution >= 4 is 25.2 Å². The van der Waals surface area contributed by atoms with Gasteiger partial charge in [0, 0.05) is 0 Å². The van der Waals surface area contributed by atoms with Gasteiger partial charge in [-0.3, -0.25) is 4.57 Å². The number of unbranched alkanes of at least 4 members (excludes halogenated alkanes) is 9. The molecule has 0 aromatic heterocycles. The first-order valence-corrected chi connectivity index (χ1v) is 11.7. The van der Waals surface area contributed by atoms with Crippen molar-refractivity contribution in [3.05, 3.63) is 0 Å². The Morgan fingerprint density at radius 1 is 0.783 bits per heavy atom. The molecule has 0 fully saturated rings. The van der Waals surface area contributed by atoms with E-state index in [-0.39, 0.29) is 0 Å². The van der Waals surface area contributed by atoms with E-state index in [2.05, 4.69) is 13.8 Å². The van der Waals surface area contributed by atoms with Crippen LogP contribution in [0.15, 0.2) is 0 Å². The molecule has 0 heterocycles. The van der Waals surface area contributed by atoms with Crippen molar-refractivity contribution in [3.8, 4) is 0 Å². The number of rotatable bonds is 18. The van der Waals surface area contributed by atoms with Crippen molar-refractivity contribution in [1.29, 1.82) is 0 Å². The highest BCUT2D eigenvalue weighted by Gasteiger charge is 2.23. The second-order valence-electron chi connectivity index (χ2n) is 6.14. The minimum absolute atomic E-state index is 0.548. The lowest BCUT2D eigenvalue weighted by Crippen LogP contribution is -2.03. The zero-order chi connectivity index (χ0) is 17.2. The third-order valence-corrected chi connectivity index (χ3v) is 6.08. The molecule has 0 aromatic carbocycles. The van der Waals surface area contributed by atoms with Gasteiger partial charge in [-0.25, -0.2) is 0 Å². The van der Waals surface area contributed by atoms with Crippen LogP contribution in [0.1, 0.15) is 90.9 Å². The molecule has 0 aromatic rings. The fourth-order valence-corrected chi connectivity index (χ4v) is 4.27. The third kappa shape index (κ3) is 15.5. The van der Waals surface area contributed by atoms with Crippen molar-refractivity contribution in [2.24, 2.45) is 0 Å². The number of hydrogen-bond donors (Lipinski definition) is 0. The van der Waals surface area contributed by atoms with Gasteiger partial charge >= 0.3 is 7.60 Å². The summed E-state index contributed by atoms with van der Waals surface area (Å²) < 4.78 is 24.2. The van der Waals surface area contributed by atoms with E-state index in [1.54, 1.807) is 5.37 Å². The Kier molecular flexibility index (Phi) is 17.3. The summed E-state index contributed by atoms with van der Waals surface area (Å²) in [7, 11) is -2.90. The van der Waals surface area contributed by atoms with Crippen LogP contribution in [-0.4, -0.2) is 24.7 Å². The fraction of sp³-hybridized carbons (Fsp3) is 0.944. The van der Waals surface area contributed by atoms with Crippen LogP contribution in [0.25, 0.3) is 0 Å². The van der Waals surface area contributed by atoms with Crippen molar-refractivity contribution in [2.75, 3.05) is 19.4 Å². The maximum Gasteiger partial charge on any atom is 0.330 e. The van der Waals surface area contributed by atoms with Crippen LogP contribution in [0.2, 0.25) is 0 Å². The van der Waals surface area contributed by atoms with Gasteiger partial charge < -0.3 is 9.05 Å². The minimum Gasteiger partial charge on any atom is -0.309 e. The molecule has 0 bridgehead atoms. The Balaban J connectivity index is 4.06. The predicted octanol–water partition coefficient (Wildman–Crippen LogP) is 6.93. The van der Waals surface area contributed by atoms with Crippen LogP contribution < -0.4 is 0 Å².